The molecule has 1 aliphatic heterocycles. The highest BCUT2D eigenvalue weighted by Crippen LogP contribution is 2.36. The Balaban J connectivity index is 1.39. The number of thioether (sulfide) groups is 1. The van der Waals surface area contributed by atoms with Crippen molar-refractivity contribution in [2.75, 3.05) is 12.3 Å². The molecule has 3 aromatic heterocycles. The Morgan fingerprint density at radius 1 is 1.07 bits per heavy atom. The van der Waals surface area contributed by atoms with Gasteiger partial charge in [0.05, 0.1) is 22.2 Å². The van der Waals surface area contributed by atoms with Crippen LogP contribution >= 0.6 is 34.4 Å². The summed E-state index contributed by atoms with van der Waals surface area (Å²) in [5, 5.41) is 5.99. The van der Waals surface area contributed by atoms with Gasteiger partial charge in [-0.2, -0.15) is 0 Å². The number of hydrogen-bond acceptors (Lipinski definition) is 6. The van der Waals surface area contributed by atoms with E-state index in [1.807, 2.05) is 46.7 Å². The molecule has 146 valence electrons. The molecule has 0 spiro atoms. The van der Waals surface area contributed by atoms with Crippen molar-refractivity contribution < 1.29 is 4.79 Å². The minimum absolute atomic E-state index is 0.186. The standard InChI is InChI=1S/C22H19N3OS3/c26-20(25-11-3-8-17(25)18-9-4-12-27-18)14-29-22-15-6-1-2-7-16(15)23-21(24-22)19-10-5-13-28-19/h1-2,4-7,9-10,12-13,17H,3,8,11,14H2. The highest BCUT2D eigenvalue weighted by molar-refractivity contribution is 8.00. The van der Waals surface area contributed by atoms with Crippen molar-refractivity contribution in [1.29, 1.82) is 0 Å². The Morgan fingerprint density at radius 3 is 2.76 bits per heavy atom. The SMILES string of the molecule is O=C(CSc1nc(-c2cccs2)nc2ccccc12)N1CCCC1c1cccs1. The number of carbonyl (C=O) groups is 1. The molecule has 4 heterocycles. The summed E-state index contributed by atoms with van der Waals surface area (Å²) in [5.74, 6) is 1.31. The molecule has 1 fully saturated rings. The van der Waals surface area contributed by atoms with Gasteiger partial charge in [0.25, 0.3) is 0 Å². The predicted molar refractivity (Wildman–Crippen MR) is 122 cm³/mol. The molecular formula is C22H19N3OS3. The van der Waals surface area contributed by atoms with E-state index >= 15 is 0 Å². The summed E-state index contributed by atoms with van der Waals surface area (Å²) in [6, 6.07) is 16.5. The van der Waals surface area contributed by atoms with Crippen LogP contribution in [0.5, 0.6) is 0 Å². The molecule has 4 nitrogen and oxygen atoms in total. The Kier molecular flexibility index (Phi) is 5.35. The molecule has 1 atom stereocenters. The van der Waals surface area contributed by atoms with Crippen LogP contribution in [0.1, 0.15) is 23.8 Å². The van der Waals surface area contributed by atoms with Crippen molar-refractivity contribution in [2.24, 2.45) is 0 Å². The first-order chi connectivity index (χ1) is 14.3. The number of rotatable bonds is 5. The quantitative estimate of drug-likeness (QED) is 0.289. The van der Waals surface area contributed by atoms with Gasteiger partial charge >= 0.3 is 0 Å². The molecule has 1 saturated heterocycles. The maximum absolute atomic E-state index is 13.0. The molecule has 1 aromatic carbocycles. The Labute approximate surface area is 181 Å². The molecule has 0 bridgehead atoms. The second-order valence-corrected chi connectivity index (χ2v) is 9.79. The van der Waals surface area contributed by atoms with E-state index in [1.165, 1.54) is 16.6 Å². The molecule has 0 aliphatic carbocycles. The maximum Gasteiger partial charge on any atom is 0.233 e. The number of hydrogen-bond donors (Lipinski definition) is 0. The number of aromatic nitrogens is 2. The van der Waals surface area contributed by atoms with Gasteiger partial charge in [-0.1, -0.05) is 42.1 Å². The lowest BCUT2D eigenvalue weighted by Gasteiger charge is -2.23. The highest BCUT2D eigenvalue weighted by Gasteiger charge is 2.30. The maximum atomic E-state index is 13.0. The van der Waals surface area contributed by atoms with Crippen LogP contribution in [0.25, 0.3) is 21.6 Å². The van der Waals surface area contributed by atoms with Gasteiger partial charge in [0.15, 0.2) is 5.82 Å². The number of fused-ring (bicyclic) bond motifs is 1. The van der Waals surface area contributed by atoms with Crippen LogP contribution in [-0.2, 0) is 4.79 Å². The van der Waals surface area contributed by atoms with E-state index in [4.69, 9.17) is 9.97 Å². The van der Waals surface area contributed by atoms with E-state index in [0.717, 1.165) is 46.0 Å². The summed E-state index contributed by atoms with van der Waals surface area (Å²) < 4.78 is 0. The smallest absolute Gasteiger partial charge is 0.233 e. The monoisotopic (exact) mass is 437 g/mol. The number of para-hydroxylation sites is 1. The van der Waals surface area contributed by atoms with E-state index in [-0.39, 0.29) is 11.9 Å². The minimum Gasteiger partial charge on any atom is -0.334 e. The lowest BCUT2D eigenvalue weighted by atomic mass is 10.2. The first kappa shape index (κ1) is 18.8. The Morgan fingerprint density at radius 2 is 1.93 bits per heavy atom. The molecule has 7 heteroatoms. The van der Waals surface area contributed by atoms with E-state index in [9.17, 15) is 4.79 Å². The average molecular weight is 438 g/mol. The van der Waals surface area contributed by atoms with E-state index in [2.05, 4.69) is 17.5 Å². The fourth-order valence-electron chi connectivity index (χ4n) is 3.73. The molecular weight excluding hydrogens is 418 g/mol. The van der Waals surface area contributed by atoms with E-state index in [0.29, 0.717) is 5.75 Å². The zero-order valence-corrected chi connectivity index (χ0v) is 18.1. The van der Waals surface area contributed by atoms with E-state index < -0.39 is 0 Å². The van der Waals surface area contributed by atoms with Gasteiger partial charge < -0.3 is 4.90 Å². The lowest BCUT2D eigenvalue weighted by Crippen LogP contribution is -2.31. The summed E-state index contributed by atoms with van der Waals surface area (Å²) in [5.41, 5.74) is 0.915. The van der Waals surface area contributed by atoms with Crippen LogP contribution in [0.4, 0.5) is 0 Å². The summed E-state index contributed by atoms with van der Waals surface area (Å²) in [4.78, 5) is 26.9. The summed E-state index contributed by atoms with van der Waals surface area (Å²) in [7, 11) is 0. The summed E-state index contributed by atoms with van der Waals surface area (Å²) in [6.07, 6.45) is 2.12. The molecule has 1 unspecified atom stereocenters. The van der Waals surface area contributed by atoms with Gasteiger partial charge in [0.1, 0.15) is 5.03 Å². The third-order valence-electron chi connectivity index (χ3n) is 5.09. The topological polar surface area (TPSA) is 46.1 Å². The molecule has 29 heavy (non-hydrogen) atoms. The van der Waals surface area contributed by atoms with Gasteiger partial charge in [0, 0.05) is 16.8 Å². The Hall–Kier alpha value is -2.22. The molecule has 1 amide bonds. The van der Waals surface area contributed by atoms with Gasteiger partial charge in [-0.25, -0.2) is 9.97 Å². The number of benzene rings is 1. The first-order valence-corrected chi connectivity index (χ1v) is 12.3. The van der Waals surface area contributed by atoms with Crippen LogP contribution in [0.3, 0.4) is 0 Å². The van der Waals surface area contributed by atoms with Crippen molar-refractivity contribution in [3.8, 4) is 10.7 Å². The van der Waals surface area contributed by atoms with Crippen molar-refractivity contribution in [1.82, 2.24) is 14.9 Å². The number of thiophene rings is 2. The summed E-state index contributed by atoms with van der Waals surface area (Å²) in [6.45, 7) is 0.840. The fraction of sp³-hybridized carbons (Fsp3) is 0.227. The van der Waals surface area contributed by atoms with Crippen molar-refractivity contribution in [3.05, 3.63) is 64.2 Å². The minimum atomic E-state index is 0.186. The predicted octanol–water partition coefficient (Wildman–Crippen LogP) is 5.88. The largest absolute Gasteiger partial charge is 0.334 e. The van der Waals surface area contributed by atoms with Gasteiger partial charge in [0.2, 0.25) is 5.91 Å². The van der Waals surface area contributed by atoms with Crippen LogP contribution in [0.2, 0.25) is 0 Å². The molecule has 0 radical (unpaired) electrons. The third-order valence-corrected chi connectivity index (χ3v) is 7.90. The van der Waals surface area contributed by atoms with Crippen LogP contribution in [-0.4, -0.2) is 33.1 Å². The number of amides is 1. The van der Waals surface area contributed by atoms with Crippen molar-refractivity contribution in [3.63, 3.8) is 0 Å². The van der Waals surface area contributed by atoms with Gasteiger partial charge in [-0.15, -0.1) is 22.7 Å². The van der Waals surface area contributed by atoms with Crippen molar-refractivity contribution >= 4 is 51.2 Å². The molecule has 5 rings (SSSR count). The third kappa shape index (κ3) is 3.82. The number of nitrogens with zero attached hydrogens (tertiary/aromatic N) is 3. The second-order valence-electron chi connectivity index (χ2n) is 6.90. The average Bonchev–Trinajstić information content (AvgIpc) is 3.52. The first-order valence-electron chi connectivity index (χ1n) is 9.56. The van der Waals surface area contributed by atoms with Crippen LogP contribution in [0.15, 0.2) is 64.3 Å². The molecule has 0 N–H and O–H groups in total. The second kappa shape index (κ2) is 8.26. The van der Waals surface area contributed by atoms with Crippen molar-refractivity contribution in [2.45, 2.75) is 23.9 Å². The molecule has 4 aromatic rings. The van der Waals surface area contributed by atoms with Gasteiger partial charge in [-0.3, -0.25) is 4.79 Å². The Bertz CT molecular complexity index is 1130. The zero-order chi connectivity index (χ0) is 19.6. The zero-order valence-electron chi connectivity index (χ0n) is 15.7. The fourth-order valence-corrected chi connectivity index (χ4v) is 6.16. The van der Waals surface area contributed by atoms with E-state index in [1.54, 1.807) is 22.7 Å². The number of carbonyl (C=O) groups excluding carboxylic acids is 1. The molecule has 0 saturated carbocycles. The number of likely N-dealkylation sites (tertiary alicyclic amines) is 1. The highest BCUT2D eigenvalue weighted by atomic mass is 32.2. The van der Waals surface area contributed by atoms with Crippen LogP contribution in [0, 0.1) is 0 Å². The summed E-state index contributed by atoms with van der Waals surface area (Å²) >= 11 is 4.89. The van der Waals surface area contributed by atoms with Crippen LogP contribution < -0.4 is 0 Å². The molecule has 1 aliphatic rings. The normalized spacial score (nSPS) is 16.6. The van der Waals surface area contributed by atoms with Gasteiger partial charge in [-0.05, 0) is 41.8 Å². The lowest BCUT2D eigenvalue weighted by molar-refractivity contribution is -0.129.